The summed E-state index contributed by atoms with van der Waals surface area (Å²) < 4.78 is 5.56. The quantitative estimate of drug-likeness (QED) is 0.697. The Morgan fingerprint density at radius 2 is 2.20 bits per heavy atom. The normalized spacial score (nSPS) is 12.2. The van der Waals surface area contributed by atoms with Crippen molar-refractivity contribution in [2.75, 3.05) is 0 Å². The van der Waals surface area contributed by atoms with E-state index in [-0.39, 0.29) is 11.9 Å². The second-order valence-electron chi connectivity index (χ2n) is 3.49. The van der Waals surface area contributed by atoms with E-state index >= 15 is 0 Å². The van der Waals surface area contributed by atoms with Gasteiger partial charge in [-0.2, -0.15) is 0 Å². The molecule has 1 rings (SSSR count). The maximum absolute atomic E-state index is 11.3. The number of Topliss-reactive ketones (excluding diaryl/α,β-unsaturated/α-hetero) is 1. The van der Waals surface area contributed by atoms with Crippen molar-refractivity contribution in [3.63, 3.8) is 0 Å². The summed E-state index contributed by atoms with van der Waals surface area (Å²) in [5, 5.41) is 0. The second-order valence-corrected chi connectivity index (χ2v) is 3.49. The molecule has 0 aliphatic heterocycles. The van der Waals surface area contributed by atoms with Crippen LogP contribution >= 0.6 is 0 Å². The first kappa shape index (κ1) is 11.7. The monoisotopic (exact) mass is 207 g/mol. The van der Waals surface area contributed by atoms with Crippen molar-refractivity contribution in [3.05, 3.63) is 24.0 Å². The molecule has 0 N–H and O–H groups in total. The Balaban J connectivity index is 2.68. The Kier molecular flexibility index (Phi) is 4.28. The SMILES string of the molecule is CCC(=O)c1ccc(OC(C)CC)cn1. The zero-order valence-corrected chi connectivity index (χ0v) is 9.49. The van der Waals surface area contributed by atoms with Crippen LogP contribution in [0, 0.1) is 0 Å². The molecule has 1 aromatic heterocycles. The molecule has 15 heavy (non-hydrogen) atoms. The van der Waals surface area contributed by atoms with Gasteiger partial charge in [-0.1, -0.05) is 13.8 Å². The molecule has 0 saturated heterocycles. The van der Waals surface area contributed by atoms with Crippen molar-refractivity contribution in [1.82, 2.24) is 4.98 Å². The summed E-state index contributed by atoms with van der Waals surface area (Å²) >= 11 is 0. The number of pyridine rings is 1. The van der Waals surface area contributed by atoms with Gasteiger partial charge in [-0.05, 0) is 25.5 Å². The Bertz CT molecular complexity index is 319. The lowest BCUT2D eigenvalue weighted by Gasteiger charge is -2.11. The van der Waals surface area contributed by atoms with Crippen LogP contribution in [-0.4, -0.2) is 16.9 Å². The summed E-state index contributed by atoms with van der Waals surface area (Å²) in [5.41, 5.74) is 0.508. The molecule has 0 saturated carbocycles. The Morgan fingerprint density at radius 1 is 1.47 bits per heavy atom. The molecule has 0 fully saturated rings. The molecule has 1 heterocycles. The number of ketones is 1. The van der Waals surface area contributed by atoms with Gasteiger partial charge in [0.15, 0.2) is 5.78 Å². The van der Waals surface area contributed by atoms with E-state index in [1.807, 2.05) is 13.8 Å². The number of carbonyl (C=O) groups excluding carboxylic acids is 1. The fourth-order valence-electron chi connectivity index (χ4n) is 1.11. The van der Waals surface area contributed by atoms with Gasteiger partial charge in [0.1, 0.15) is 11.4 Å². The third-order valence-electron chi connectivity index (χ3n) is 2.26. The molecule has 0 spiro atoms. The first-order valence-electron chi connectivity index (χ1n) is 5.33. The lowest BCUT2D eigenvalue weighted by molar-refractivity contribution is 0.0983. The molecule has 0 bridgehead atoms. The number of hydrogen-bond donors (Lipinski definition) is 0. The van der Waals surface area contributed by atoms with Crippen molar-refractivity contribution in [3.8, 4) is 5.75 Å². The molecule has 82 valence electrons. The highest BCUT2D eigenvalue weighted by molar-refractivity contribution is 5.93. The molecule has 3 nitrogen and oxygen atoms in total. The highest BCUT2D eigenvalue weighted by Crippen LogP contribution is 2.13. The fraction of sp³-hybridized carbons (Fsp3) is 0.500. The minimum atomic E-state index is 0.0603. The predicted molar refractivity (Wildman–Crippen MR) is 59.2 cm³/mol. The largest absolute Gasteiger partial charge is 0.489 e. The van der Waals surface area contributed by atoms with Crippen LogP contribution in [0.25, 0.3) is 0 Å². The van der Waals surface area contributed by atoms with Crippen molar-refractivity contribution in [1.29, 1.82) is 0 Å². The zero-order chi connectivity index (χ0) is 11.3. The average molecular weight is 207 g/mol. The van der Waals surface area contributed by atoms with E-state index in [0.717, 1.165) is 12.2 Å². The molecule has 0 amide bonds. The van der Waals surface area contributed by atoms with Crippen LogP contribution in [0.3, 0.4) is 0 Å². The summed E-state index contributed by atoms with van der Waals surface area (Å²) in [4.78, 5) is 15.4. The van der Waals surface area contributed by atoms with Gasteiger partial charge in [0, 0.05) is 6.42 Å². The molecule has 1 atom stereocenters. The van der Waals surface area contributed by atoms with E-state index in [1.54, 1.807) is 18.3 Å². The number of carbonyl (C=O) groups is 1. The topological polar surface area (TPSA) is 39.2 Å². The average Bonchev–Trinajstić information content (AvgIpc) is 2.29. The van der Waals surface area contributed by atoms with Crippen LogP contribution in [0.2, 0.25) is 0 Å². The molecular formula is C12H17NO2. The molecule has 0 radical (unpaired) electrons. The maximum Gasteiger partial charge on any atom is 0.180 e. The Labute approximate surface area is 90.5 Å². The molecule has 0 aliphatic rings. The molecule has 0 aliphatic carbocycles. The first-order valence-corrected chi connectivity index (χ1v) is 5.33. The van der Waals surface area contributed by atoms with Crippen molar-refractivity contribution < 1.29 is 9.53 Å². The summed E-state index contributed by atoms with van der Waals surface area (Å²) in [7, 11) is 0. The first-order chi connectivity index (χ1) is 7.17. The van der Waals surface area contributed by atoms with Crippen LogP contribution in [0.4, 0.5) is 0 Å². The number of ether oxygens (including phenoxy) is 1. The summed E-state index contributed by atoms with van der Waals surface area (Å²) in [6.45, 7) is 5.89. The van der Waals surface area contributed by atoms with Gasteiger partial charge in [0.05, 0.1) is 12.3 Å². The van der Waals surface area contributed by atoms with Crippen LogP contribution in [0.5, 0.6) is 5.75 Å². The van der Waals surface area contributed by atoms with Gasteiger partial charge >= 0.3 is 0 Å². The third-order valence-corrected chi connectivity index (χ3v) is 2.26. The van der Waals surface area contributed by atoms with Crippen molar-refractivity contribution in [2.45, 2.75) is 39.7 Å². The minimum absolute atomic E-state index is 0.0603. The number of rotatable bonds is 5. The highest BCUT2D eigenvalue weighted by atomic mass is 16.5. The number of aromatic nitrogens is 1. The van der Waals surface area contributed by atoms with E-state index in [0.29, 0.717) is 12.1 Å². The third kappa shape index (κ3) is 3.35. The summed E-state index contributed by atoms with van der Waals surface area (Å²) in [6, 6.07) is 3.51. The van der Waals surface area contributed by atoms with Crippen molar-refractivity contribution in [2.24, 2.45) is 0 Å². The second kappa shape index (κ2) is 5.49. The molecule has 1 aromatic rings. The van der Waals surface area contributed by atoms with Gasteiger partial charge in [-0.3, -0.25) is 4.79 Å². The Hall–Kier alpha value is -1.38. The van der Waals surface area contributed by atoms with Gasteiger partial charge in [0.2, 0.25) is 0 Å². The van der Waals surface area contributed by atoms with E-state index in [2.05, 4.69) is 11.9 Å². The molecule has 3 heteroatoms. The van der Waals surface area contributed by atoms with E-state index < -0.39 is 0 Å². The van der Waals surface area contributed by atoms with E-state index in [4.69, 9.17) is 4.74 Å². The summed E-state index contributed by atoms with van der Waals surface area (Å²) in [5.74, 6) is 0.780. The molecular weight excluding hydrogens is 190 g/mol. The smallest absolute Gasteiger partial charge is 0.180 e. The predicted octanol–water partition coefficient (Wildman–Crippen LogP) is 2.85. The van der Waals surface area contributed by atoms with Gasteiger partial charge in [-0.25, -0.2) is 4.98 Å². The lowest BCUT2D eigenvalue weighted by atomic mass is 10.2. The van der Waals surface area contributed by atoms with Gasteiger partial charge in [0.25, 0.3) is 0 Å². The standard InChI is InChI=1S/C12H17NO2/c1-4-9(3)15-10-6-7-11(13-8-10)12(14)5-2/h6-9H,4-5H2,1-3H3. The van der Waals surface area contributed by atoms with E-state index in [9.17, 15) is 4.79 Å². The zero-order valence-electron chi connectivity index (χ0n) is 9.49. The lowest BCUT2D eigenvalue weighted by Crippen LogP contribution is -2.10. The van der Waals surface area contributed by atoms with E-state index in [1.165, 1.54) is 0 Å². The van der Waals surface area contributed by atoms with Crippen molar-refractivity contribution >= 4 is 5.78 Å². The fourth-order valence-corrected chi connectivity index (χ4v) is 1.11. The van der Waals surface area contributed by atoms with Gasteiger partial charge < -0.3 is 4.74 Å². The molecule has 1 unspecified atom stereocenters. The molecule has 0 aromatic carbocycles. The van der Waals surface area contributed by atoms with Crippen LogP contribution in [-0.2, 0) is 0 Å². The number of hydrogen-bond acceptors (Lipinski definition) is 3. The highest BCUT2D eigenvalue weighted by Gasteiger charge is 2.05. The van der Waals surface area contributed by atoms with Crippen LogP contribution in [0.15, 0.2) is 18.3 Å². The summed E-state index contributed by atoms with van der Waals surface area (Å²) in [6.07, 6.45) is 3.23. The Morgan fingerprint density at radius 3 is 2.67 bits per heavy atom. The van der Waals surface area contributed by atoms with Crippen LogP contribution in [0.1, 0.15) is 44.1 Å². The minimum Gasteiger partial charge on any atom is -0.489 e. The van der Waals surface area contributed by atoms with Gasteiger partial charge in [-0.15, -0.1) is 0 Å². The maximum atomic E-state index is 11.3. The van der Waals surface area contributed by atoms with Crippen LogP contribution < -0.4 is 4.74 Å². The number of nitrogens with zero attached hydrogens (tertiary/aromatic N) is 1.